The van der Waals surface area contributed by atoms with Crippen molar-refractivity contribution in [2.24, 2.45) is 0 Å². The summed E-state index contributed by atoms with van der Waals surface area (Å²) < 4.78 is 0. The molecule has 0 spiro atoms. The molecule has 3 nitrogen and oxygen atoms in total. The molecular weight excluding hydrogens is 248 g/mol. The first-order chi connectivity index (χ1) is 9.83. The Morgan fingerprint density at radius 2 is 2.00 bits per heavy atom. The summed E-state index contributed by atoms with van der Waals surface area (Å²) in [6.45, 7) is 0.765. The number of anilines is 1. The van der Waals surface area contributed by atoms with Crippen molar-refractivity contribution < 1.29 is 4.79 Å². The number of aromatic nitrogens is 1. The van der Waals surface area contributed by atoms with Crippen molar-refractivity contribution in [1.82, 2.24) is 4.98 Å². The molecule has 2 aromatic carbocycles. The minimum atomic E-state index is 0.0754. The van der Waals surface area contributed by atoms with Crippen molar-refractivity contribution in [3.05, 3.63) is 65.9 Å². The second-order valence-electron chi connectivity index (χ2n) is 5.12. The van der Waals surface area contributed by atoms with Crippen molar-refractivity contribution in [2.75, 3.05) is 11.4 Å². The molecule has 1 aliphatic rings. The van der Waals surface area contributed by atoms with E-state index in [1.807, 2.05) is 53.6 Å². The van der Waals surface area contributed by atoms with Crippen molar-refractivity contribution in [1.29, 1.82) is 0 Å². The predicted octanol–water partition coefficient (Wildman–Crippen LogP) is 3.37. The fourth-order valence-corrected chi connectivity index (χ4v) is 2.89. The summed E-state index contributed by atoms with van der Waals surface area (Å²) in [6.07, 6.45) is 2.83. The summed E-state index contributed by atoms with van der Waals surface area (Å²) in [6, 6.07) is 16.0. The number of nitrogens with zero attached hydrogens (tertiary/aromatic N) is 1. The molecule has 0 saturated heterocycles. The third-order valence-electron chi connectivity index (χ3n) is 3.93. The Morgan fingerprint density at radius 3 is 2.95 bits per heavy atom. The zero-order valence-corrected chi connectivity index (χ0v) is 11.0. The van der Waals surface area contributed by atoms with Crippen LogP contribution >= 0.6 is 0 Å². The van der Waals surface area contributed by atoms with E-state index < -0.39 is 0 Å². The zero-order chi connectivity index (χ0) is 13.5. The molecule has 2 heterocycles. The summed E-state index contributed by atoms with van der Waals surface area (Å²) in [5.41, 5.74) is 4.03. The molecule has 0 unspecified atom stereocenters. The number of carbonyl (C=O) groups excluding carboxylic acids is 1. The van der Waals surface area contributed by atoms with Crippen LogP contribution in [-0.4, -0.2) is 17.4 Å². The van der Waals surface area contributed by atoms with E-state index in [1.54, 1.807) is 0 Å². The number of para-hydroxylation sites is 1. The molecule has 0 aliphatic carbocycles. The van der Waals surface area contributed by atoms with Crippen LogP contribution in [0.25, 0.3) is 10.9 Å². The Balaban J connectivity index is 1.74. The van der Waals surface area contributed by atoms with E-state index in [9.17, 15) is 4.79 Å². The highest BCUT2D eigenvalue weighted by Crippen LogP contribution is 2.29. The summed E-state index contributed by atoms with van der Waals surface area (Å²) >= 11 is 0. The van der Waals surface area contributed by atoms with Crippen LogP contribution in [0.4, 0.5) is 5.69 Å². The maximum absolute atomic E-state index is 12.7. The van der Waals surface area contributed by atoms with Gasteiger partial charge in [0.25, 0.3) is 5.91 Å². The van der Waals surface area contributed by atoms with Crippen LogP contribution in [-0.2, 0) is 6.42 Å². The fourth-order valence-electron chi connectivity index (χ4n) is 2.89. The smallest absolute Gasteiger partial charge is 0.258 e. The van der Waals surface area contributed by atoms with Gasteiger partial charge in [0.05, 0.1) is 0 Å². The third-order valence-corrected chi connectivity index (χ3v) is 3.93. The molecule has 0 bridgehead atoms. The summed E-state index contributed by atoms with van der Waals surface area (Å²) in [5, 5.41) is 1.13. The number of nitrogens with one attached hydrogen (secondary N) is 1. The first-order valence-electron chi connectivity index (χ1n) is 6.80. The Morgan fingerprint density at radius 1 is 1.10 bits per heavy atom. The van der Waals surface area contributed by atoms with E-state index >= 15 is 0 Å². The molecule has 0 saturated carbocycles. The highest BCUT2D eigenvalue weighted by molar-refractivity contribution is 6.08. The van der Waals surface area contributed by atoms with Gasteiger partial charge in [-0.1, -0.05) is 24.3 Å². The molecule has 1 aromatic heterocycles. The number of hydrogen-bond acceptors (Lipinski definition) is 1. The van der Waals surface area contributed by atoms with E-state index in [-0.39, 0.29) is 5.91 Å². The van der Waals surface area contributed by atoms with Gasteiger partial charge in [-0.3, -0.25) is 4.79 Å². The third kappa shape index (κ3) is 1.63. The normalized spacial score (nSPS) is 13.7. The molecule has 0 atom stereocenters. The van der Waals surface area contributed by atoms with Crippen LogP contribution in [0.5, 0.6) is 0 Å². The maximum atomic E-state index is 12.7. The van der Waals surface area contributed by atoms with Crippen molar-refractivity contribution in [2.45, 2.75) is 6.42 Å². The molecular formula is C17H14N2O. The molecule has 1 amide bonds. The number of fused-ring (bicyclic) bond motifs is 2. The molecule has 3 heteroatoms. The summed E-state index contributed by atoms with van der Waals surface area (Å²) in [7, 11) is 0. The zero-order valence-electron chi connectivity index (χ0n) is 11.0. The second kappa shape index (κ2) is 4.23. The Kier molecular flexibility index (Phi) is 2.39. The standard InChI is InChI=1S/C17H14N2O/c20-17(14-6-5-12-7-9-18-15(12)11-14)19-10-8-13-3-1-2-4-16(13)19/h1-7,9,11,18H,8,10H2. The second-order valence-corrected chi connectivity index (χ2v) is 5.12. The van der Waals surface area contributed by atoms with Crippen molar-refractivity contribution in [3.63, 3.8) is 0 Å². The number of carbonyl (C=O) groups is 1. The van der Waals surface area contributed by atoms with E-state index in [0.29, 0.717) is 0 Å². The van der Waals surface area contributed by atoms with Crippen LogP contribution in [0.1, 0.15) is 15.9 Å². The number of benzene rings is 2. The van der Waals surface area contributed by atoms with Gasteiger partial charge < -0.3 is 9.88 Å². The quantitative estimate of drug-likeness (QED) is 0.717. The largest absolute Gasteiger partial charge is 0.361 e. The van der Waals surface area contributed by atoms with Gasteiger partial charge in [0.2, 0.25) is 0 Å². The number of rotatable bonds is 1. The lowest BCUT2D eigenvalue weighted by Gasteiger charge is -2.17. The minimum Gasteiger partial charge on any atom is -0.361 e. The molecule has 1 aliphatic heterocycles. The van der Waals surface area contributed by atoms with Crippen LogP contribution < -0.4 is 4.90 Å². The summed E-state index contributed by atoms with van der Waals surface area (Å²) in [5.74, 6) is 0.0754. The van der Waals surface area contributed by atoms with Crippen LogP contribution in [0.15, 0.2) is 54.7 Å². The lowest BCUT2D eigenvalue weighted by molar-refractivity contribution is 0.0989. The number of amides is 1. The van der Waals surface area contributed by atoms with E-state index in [0.717, 1.165) is 35.1 Å². The van der Waals surface area contributed by atoms with Crippen molar-refractivity contribution >= 4 is 22.5 Å². The molecule has 3 aromatic rings. The maximum Gasteiger partial charge on any atom is 0.258 e. The van der Waals surface area contributed by atoms with Crippen LogP contribution in [0.2, 0.25) is 0 Å². The molecule has 4 rings (SSSR count). The van der Waals surface area contributed by atoms with E-state index in [1.165, 1.54) is 5.56 Å². The first-order valence-corrected chi connectivity index (χ1v) is 6.80. The highest BCUT2D eigenvalue weighted by atomic mass is 16.2. The Hall–Kier alpha value is -2.55. The van der Waals surface area contributed by atoms with Crippen LogP contribution in [0, 0.1) is 0 Å². The van der Waals surface area contributed by atoms with Gasteiger partial charge in [-0.15, -0.1) is 0 Å². The van der Waals surface area contributed by atoms with E-state index in [4.69, 9.17) is 0 Å². The van der Waals surface area contributed by atoms with Gasteiger partial charge in [0.1, 0.15) is 0 Å². The van der Waals surface area contributed by atoms with Gasteiger partial charge in [-0.05, 0) is 41.6 Å². The van der Waals surface area contributed by atoms with E-state index in [2.05, 4.69) is 11.1 Å². The summed E-state index contributed by atoms with van der Waals surface area (Å²) in [4.78, 5) is 17.7. The molecule has 20 heavy (non-hydrogen) atoms. The van der Waals surface area contributed by atoms with Gasteiger partial charge in [0, 0.05) is 29.5 Å². The van der Waals surface area contributed by atoms with Gasteiger partial charge in [0.15, 0.2) is 0 Å². The Bertz CT molecular complexity index is 803. The molecule has 98 valence electrons. The molecule has 1 N–H and O–H groups in total. The minimum absolute atomic E-state index is 0.0754. The SMILES string of the molecule is O=C(c1ccc2cc[nH]c2c1)N1CCc2ccccc21. The van der Waals surface area contributed by atoms with Crippen LogP contribution in [0.3, 0.4) is 0 Å². The lowest BCUT2D eigenvalue weighted by Crippen LogP contribution is -2.28. The number of H-pyrrole nitrogens is 1. The molecule has 0 fully saturated rings. The fraction of sp³-hybridized carbons (Fsp3) is 0.118. The Labute approximate surface area is 116 Å². The monoisotopic (exact) mass is 262 g/mol. The van der Waals surface area contributed by atoms with Gasteiger partial charge in [-0.25, -0.2) is 0 Å². The topological polar surface area (TPSA) is 36.1 Å². The molecule has 0 radical (unpaired) electrons. The average Bonchev–Trinajstić information content (AvgIpc) is 3.12. The van der Waals surface area contributed by atoms with Gasteiger partial charge in [-0.2, -0.15) is 0 Å². The first kappa shape index (κ1) is 11.3. The predicted molar refractivity (Wildman–Crippen MR) is 80.1 cm³/mol. The lowest BCUT2D eigenvalue weighted by atomic mass is 10.1. The average molecular weight is 262 g/mol. The number of aromatic amines is 1. The van der Waals surface area contributed by atoms with Gasteiger partial charge >= 0.3 is 0 Å². The number of hydrogen-bond donors (Lipinski definition) is 1. The highest BCUT2D eigenvalue weighted by Gasteiger charge is 2.25. The van der Waals surface area contributed by atoms with Crippen molar-refractivity contribution in [3.8, 4) is 0 Å².